The number of amides is 1. The van der Waals surface area contributed by atoms with E-state index >= 15 is 0 Å². The Bertz CT molecular complexity index is 1340. The average molecular weight is 537 g/mol. The lowest BCUT2D eigenvalue weighted by atomic mass is 10.1. The number of aromatic nitrogens is 1. The number of benzene rings is 2. The van der Waals surface area contributed by atoms with Crippen LogP contribution in [-0.4, -0.2) is 37.1 Å². The molecule has 0 saturated heterocycles. The zero-order chi connectivity index (χ0) is 27.7. The molecule has 10 nitrogen and oxygen atoms in total. The van der Waals surface area contributed by atoms with Gasteiger partial charge in [-0.3, -0.25) is 10.1 Å². The molecule has 1 unspecified atom stereocenters. The molecule has 0 aliphatic heterocycles. The van der Waals surface area contributed by atoms with E-state index in [1.807, 2.05) is 38.1 Å². The van der Waals surface area contributed by atoms with Crippen LogP contribution in [0.25, 0.3) is 10.2 Å². The molecular formula is C27H32N6O4S. The van der Waals surface area contributed by atoms with E-state index in [2.05, 4.69) is 27.4 Å². The number of anilines is 1. The molecule has 0 saturated carbocycles. The molecule has 38 heavy (non-hydrogen) atoms. The largest absolute Gasteiger partial charge is 0.493 e. The van der Waals surface area contributed by atoms with Gasteiger partial charge in [-0.25, -0.2) is 10.8 Å². The molecule has 0 radical (unpaired) electrons. The highest BCUT2D eigenvalue weighted by molar-refractivity contribution is 7.22. The molecule has 0 spiro atoms. The van der Waals surface area contributed by atoms with Gasteiger partial charge < -0.3 is 25.5 Å². The van der Waals surface area contributed by atoms with Crippen molar-refractivity contribution < 1.29 is 19.0 Å². The van der Waals surface area contributed by atoms with Crippen LogP contribution in [0.1, 0.15) is 25.8 Å². The first-order chi connectivity index (χ1) is 18.4. The maximum Gasteiger partial charge on any atom is 0.271 e. The van der Waals surface area contributed by atoms with Crippen LogP contribution < -0.4 is 36.6 Å². The molecule has 1 atom stereocenters. The zero-order valence-corrected chi connectivity index (χ0v) is 22.6. The minimum atomic E-state index is -0.974. The topological polar surface area (TPSA) is 146 Å². The molecule has 0 aliphatic rings. The Morgan fingerprint density at radius 1 is 1.18 bits per heavy atom. The van der Waals surface area contributed by atoms with E-state index in [0.717, 1.165) is 16.7 Å². The van der Waals surface area contributed by atoms with E-state index < -0.39 is 6.10 Å². The fraction of sp³-hybridized carbons (Fsp3) is 0.222. The summed E-state index contributed by atoms with van der Waals surface area (Å²) in [5.41, 5.74) is 5.34. The van der Waals surface area contributed by atoms with Crippen molar-refractivity contribution >= 4 is 38.4 Å². The van der Waals surface area contributed by atoms with E-state index in [-0.39, 0.29) is 5.91 Å². The number of fused-ring (bicyclic) bond motifs is 1. The molecule has 1 amide bonds. The number of rotatable bonds is 11. The molecule has 6 N–H and O–H groups in total. The van der Waals surface area contributed by atoms with Crippen LogP contribution in [-0.2, 0) is 4.79 Å². The first kappa shape index (κ1) is 28.2. The second-order valence-corrected chi connectivity index (χ2v) is 8.99. The number of hydrazone groups is 1. The van der Waals surface area contributed by atoms with Crippen molar-refractivity contribution in [1.29, 1.82) is 0 Å². The predicted molar refractivity (Wildman–Crippen MR) is 153 cm³/mol. The minimum absolute atomic E-state index is 0.310. The van der Waals surface area contributed by atoms with Crippen molar-refractivity contribution in [3.05, 3.63) is 77.9 Å². The summed E-state index contributed by atoms with van der Waals surface area (Å²) >= 11 is 1.32. The quantitative estimate of drug-likeness (QED) is 0.0935. The second-order valence-electron chi connectivity index (χ2n) is 7.96. The summed E-state index contributed by atoms with van der Waals surface area (Å²) < 4.78 is 17.7. The maximum atomic E-state index is 13.5. The highest BCUT2D eigenvalue weighted by Gasteiger charge is 2.25. The molecular weight excluding hydrogens is 504 g/mol. The smallest absolute Gasteiger partial charge is 0.271 e. The van der Waals surface area contributed by atoms with Crippen LogP contribution in [0.4, 0.5) is 5.13 Å². The monoisotopic (exact) mass is 536 g/mol. The maximum absolute atomic E-state index is 13.5. The number of allylic oxidation sites excluding steroid dienone is 3. The van der Waals surface area contributed by atoms with Gasteiger partial charge in [0.15, 0.2) is 22.5 Å². The van der Waals surface area contributed by atoms with Crippen LogP contribution in [0.2, 0.25) is 0 Å². The summed E-state index contributed by atoms with van der Waals surface area (Å²) in [7, 11) is 3.13. The summed E-state index contributed by atoms with van der Waals surface area (Å²) in [6, 6.07) is 10.5. The summed E-state index contributed by atoms with van der Waals surface area (Å²) in [6.07, 6.45) is 5.33. The number of hydrazine groups is 1. The van der Waals surface area contributed by atoms with Crippen molar-refractivity contribution in [2.75, 3.05) is 19.5 Å². The molecule has 11 heteroatoms. The lowest BCUT2D eigenvalue weighted by molar-refractivity contribution is -0.121. The van der Waals surface area contributed by atoms with E-state index in [9.17, 15) is 4.79 Å². The molecule has 200 valence electrons. The van der Waals surface area contributed by atoms with Crippen LogP contribution in [0, 0.1) is 0 Å². The standard InChI is InChI=1S/C27H32N6O4S/c1-6-16(3)8-9-17(7-2)24(37-19-12-10-18(11-13-19)25(32-28)33-29)26(34)31-27-30-20-14-21(35-4)22(36-5)15-23(20)38-27/h7-15,24H,3,6,28-29H2,1-2,4-5H3,(H,32,33)(H,30,31,34)/b9-8-,17-7+. The molecule has 3 rings (SSSR count). The van der Waals surface area contributed by atoms with Crippen LogP contribution in [0.15, 0.2) is 77.5 Å². The first-order valence-electron chi connectivity index (χ1n) is 11.7. The number of nitrogens with one attached hydrogen (secondary N) is 2. The summed E-state index contributed by atoms with van der Waals surface area (Å²) in [4.78, 5) is 18.1. The van der Waals surface area contributed by atoms with Gasteiger partial charge in [-0.15, -0.1) is 0 Å². The Hall–Kier alpha value is -4.35. The minimum Gasteiger partial charge on any atom is -0.493 e. The van der Waals surface area contributed by atoms with E-state index in [1.54, 1.807) is 44.6 Å². The van der Waals surface area contributed by atoms with Gasteiger partial charge in [0.2, 0.25) is 6.10 Å². The van der Waals surface area contributed by atoms with Gasteiger partial charge in [-0.2, -0.15) is 5.10 Å². The Morgan fingerprint density at radius 2 is 1.87 bits per heavy atom. The number of hydrogen-bond acceptors (Lipinski definition) is 9. The third-order valence-electron chi connectivity index (χ3n) is 5.61. The number of methoxy groups -OCH3 is 2. The van der Waals surface area contributed by atoms with E-state index in [0.29, 0.717) is 44.9 Å². The van der Waals surface area contributed by atoms with Crippen molar-refractivity contribution in [2.24, 2.45) is 16.8 Å². The molecule has 1 heterocycles. The lowest BCUT2D eigenvalue weighted by Crippen LogP contribution is -2.34. The highest BCUT2D eigenvalue weighted by atomic mass is 32.1. The van der Waals surface area contributed by atoms with Crippen molar-refractivity contribution in [1.82, 2.24) is 10.4 Å². The SMILES string of the molecule is C=C(/C=C\C(=C/C)C(Oc1ccc(/C(=N/N)NN)cc1)C(=O)Nc1nc2cc(OC)c(OC)cc2s1)CC. The molecule has 0 aliphatic carbocycles. The Labute approximate surface area is 225 Å². The highest BCUT2D eigenvalue weighted by Crippen LogP contribution is 2.36. The predicted octanol–water partition coefficient (Wildman–Crippen LogP) is 4.25. The van der Waals surface area contributed by atoms with E-state index in [4.69, 9.17) is 25.9 Å². The van der Waals surface area contributed by atoms with Crippen molar-refractivity contribution in [3.63, 3.8) is 0 Å². The molecule has 1 aromatic heterocycles. The summed E-state index contributed by atoms with van der Waals surface area (Å²) in [5, 5.41) is 6.91. The third-order valence-corrected chi connectivity index (χ3v) is 6.54. The number of hydrogen-bond donors (Lipinski definition) is 4. The number of nitrogens with zero attached hydrogens (tertiary/aromatic N) is 2. The van der Waals surface area contributed by atoms with Crippen LogP contribution in [0.3, 0.4) is 0 Å². The number of carbonyl (C=O) groups is 1. The van der Waals surface area contributed by atoms with Crippen molar-refractivity contribution in [3.8, 4) is 17.2 Å². The summed E-state index contributed by atoms with van der Waals surface area (Å²) in [5.74, 6) is 12.3. The fourth-order valence-electron chi connectivity index (χ4n) is 3.44. The number of thiazole rings is 1. The number of carbonyl (C=O) groups excluding carboxylic acids is 1. The van der Waals surface area contributed by atoms with Gasteiger partial charge >= 0.3 is 0 Å². The number of ether oxygens (including phenoxy) is 3. The summed E-state index contributed by atoms with van der Waals surface area (Å²) in [6.45, 7) is 7.86. The Balaban J connectivity index is 1.92. The van der Waals surface area contributed by atoms with Crippen molar-refractivity contribution in [2.45, 2.75) is 26.4 Å². The number of amidine groups is 1. The van der Waals surface area contributed by atoms with Crippen LogP contribution in [0.5, 0.6) is 17.2 Å². The fourth-order valence-corrected chi connectivity index (χ4v) is 4.32. The van der Waals surface area contributed by atoms with E-state index in [1.165, 1.54) is 11.3 Å². The zero-order valence-electron chi connectivity index (χ0n) is 21.8. The Kier molecular flexibility index (Phi) is 9.85. The Morgan fingerprint density at radius 3 is 2.45 bits per heavy atom. The lowest BCUT2D eigenvalue weighted by Gasteiger charge is -2.20. The molecule has 3 aromatic rings. The number of nitrogens with two attached hydrogens (primary N) is 2. The molecule has 2 aromatic carbocycles. The normalized spacial score (nSPS) is 12.9. The van der Waals surface area contributed by atoms with Gasteiger partial charge in [0.1, 0.15) is 5.75 Å². The third kappa shape index (κ3) is 6.69. The van der Waals surface area contributed by atoms with Gasteiger partial charge in [-0.05, 0) is 43.2 Å². The second kappa shape index (κ2) is 13.3. The van der Waals surface area contributed by atoms with Crippen LogP contribution >= 0.6 is 11.3 Å². The van der Waals surface area contributed by atoms with Gasteiger partial charge in [0, 0.05) is 17.7 Å². The van der Waals surface area contributed by atoms with Gasteiger partial charge in [0.25, 0.3) is 5.91 Å². The van der Waals surface area contributed by atoms with Gasteiger partial charge in [0.05, 0.1) is 24.4 Å². The first-order valence-corrected chi connectivity index (χ1v) is 12.6. The average Bonchev–Trinajstić information content (AvgIpc) is 3.33. The molecule has 0 bridgehead atoms. The van der Waals surface area contributed by atoms with Gasteiger partial charge in [-0.1, -0.05) is 48.6 Å². The molecule has 0 fully saturated rings.